The fourth-order valence-electron chi connectivity index (χ4n) is 3.77. The van der Waals surface area contributed by atoms with Gasteiger partial charge in [0.15, 0.2) is 5.69 Å². The first-order valence-corrected chi connectivity index (χ1v) is 10.8. The van der Waals surface area contributed by atoms with Gasteiger partial charge in [-0.1, -0.05) is 28.4 Å². The zero-order chi connectivity index (χ0) is 23.7. The lowest BCUT2D eigenvalue weighted by molar-refractivity contribution is 0.0702. The molecule has 10 nitrogen and oxygen atoms in total. The van der Waals surface area contributed by atoms with Crippen LogP contribution >= 0.6 is 23.2 Å². The number of rotatable bonds is 4. The minimum absolute atomic E-state index is 0.229. The van der Waals surface area contributed by atoms with Gasteiger partial charge < -0.3 is 19.8 Å². The van der Waals surface area contributed by atoms with Gasteiger partial charge in [0, 0.05) is 31.6 Å². The number of nitrogens with zero attached hydrogens (tertiary/aromatic N) is 4. The van der Waals surface area contributed by atoms with Crippen molar-refractivity contribution in [1.29, 1.82) is 0 Å². The van der Waals surface area contributed by atoms with Crippen molar-refractivity contribution < 1.29 is 19.2 Å². The number of benzene rings is 1. The van der Waals surface area contributed by atoms with Crippen LogP contribution in [-0.2, 0) is 7.05 Å². The summed E-state index contributed by atoms with van der Waals surface area (Å²) in [6.07, 6.45) is 3.77. The molecular formula is C21H19Cl2N5O5. The number of halogens is 2. The topological polar surface area (TPSA) is 131 Å². The highest BCUT2D eigenvalue weighted by Crippen LogP contribution is 2.29. The number of carbonyl (C=O) groups excluding carboxylic acids is 2. The molecule has 33 heavy (non-hydrogen) atoms. The number of aromatic nitrogens is 3. The van der Waals surface area contributed by atoms with Crippen molar-refractivity contribution in [2.75, 3.05) is 18.4 Å². The highest BCUT2D eigenvalue weighted by molar-refractivity contribution is 6.42. The van der Waals surface area contributed by atoms with Crippen molar-refractivity contribution in [2.45, 2.75) is 18.8 Å². The first-order valence-electron chi connectivity index (χ1n) is 10.0. The van der Waals surface area contributed by atoms with Crippen molar-refractivity contribution in [1.82, 2.24) is 19.6 Å². The number of aromatic hydroxyl groups is 1. The minimum Gasteiger partial charge on any atom is -0.501 e. The molecule has 0 saturated carbocycles. The Labute approximate surface area is 197 Å². The van der Waals surface area contributed by atoms with Crippen LogP contribution in [0.2, 0.25) is 10.0 Å². The van der Waals surface area contributed by atoms with E-state index >= 15 is 0 Å². The normalized spacial score (nSPS) is 16.0. The fraction of sp³-hybridized carbons (Fsp3) is 0.286. The van der Waals surface area contributed by atoms with Gasteiger partial charge in [-0.2, -0.15) is 0 Å². The van der Waals surface area contributed by atoms with E-state index in [-0.39, 0.29) is 29.1 Å². The third-order valence-electron chi connectivity index (χ3n) is 5.45. The summed E-state index contributed by atoms with van der Waals surface area (Å²) in [6.45, 7) is 0.791. The minimum atomic E-state index is -0.783. The van der Waals surface area contributed by atoms with Crippen molar-refractivity contribution in [2.24, 2.45) is 7.05 Å². The molecular weight excluding hydrogens is 473 g/mol. The van der Waals surface area contributed by atoms with Gasteiger partial charge in [-0.05, 0) is 31.0 Å². The van der Waals surface area contributed by atoms with Crippen molar-refractivity contribution in [3.05, 3.63) is 68.1 Å². The molecule has 1 saturated heterocycles. The second-order valence-corrected chi connectivity index (χ2v) is 8.43. The van der Waals surface area contributed by atoms with E-state index in [0.717, 1.165) is 0 Å². The maximum absolute atomic E-state index is 13.0. The van der Waals surface area contributed by atoms with Crippen LogP contribution in [0.3, 0.4) is 0 Å². The highest BCUT2D eigenvalue weighted by atomic mass is 35.5. The van der Waals surface area contributed by atoms with Crippen LogP contribution < -0.4 is 10.9 Å². The molecule has 2 N–H and O–H groups in total. The molecule has 1 aliphatic rings. The van der Waals surface area contributed by atoms with Crippen molar-refractivity contribution in [3.63, 3.8) is 0 Å². The van der Waals surface area contributed by atoms with Crippen molar-refractivity contribution in [3.8, 4) is 5.75 Å². The number of hydrogen-bond acceptors (Lipinski definition) is 7. The molecule has 172 valence electrons. The Morgan fingerprint density at radius 2 is 2.06 bits per heavy atom. The number of piperidine rings is 1. The second-order valence-electron chi connectivity index (χ2n) is 7.62. The molecule has 1 aromatic carbocycles. The van der Waals surface area contributed by atoms with Gasteiger partial charge >= 0.3 is 0 Å². The number of hydrogen-bond donors (Lipinski definition) is 2. The molecule has 1 aliphatic heterocycles. The predicted molar refractivity (Wildman–Crippen MR) is 120 cm³/mol. The van der Waals surface area contributed by atoms with Gasteiger partial charge in [0.25, 0.3) is 17.4 Å². The molecule has 1 unspecified atom stereocenters. The van der Waals surface area contributed by atoms with E-state index in [1.54, 1.807) is 17.0 Å². The van der Waals surface area contributed by atoms with Crippen LogP contribution in [0.25, 0.3) is 0 Å². The van der Waals surface area contributed by atoms with Gasteiger partial charge in [-0.25, -0.2) is 4.98 Å². The molecule has 3 heterocycles. The quantitative estimate of drug-likeness (QED) is 0.573. The van der Waals surface area contributed by atoms with Gasteiger partial charge in [-0.3, -0.25) is 19.0 Å². The Kier molecular flexibility index (Phi) is 6.39. The SMILES string of the molecule is Cn1c(C2CCCN(C(=O)c3ccc(Cl)c(Cl)c3)C2)nc(C(=O)Nc2cnoc2)c(O)c1=O. The summed E-state index contributed by atoms with van der Waals surface area (Å²) in [4.78, 5) is 44.2. The first-order chi connectivity index (χ1) is 15.8. The largest absolute Gasteiger partial charge is 0.501 e. The maximum Gasteiger partial charge on any atom is 0.296 e. The molecule has 12 heteroatoms. The van der Waals surface area contributed by atoms with Crippen LogP contribution in [0.4, 0.5) is 5.69 Å². The smallest absolute Gasteiger partial charge is 0.296 e. The summed E-state index contributed by atoms with van der Waals surface area (Å²) in [6, 6.07) is 4.67. The summed E-state index contributed by atoms with van der Waals surface area (Å²) in [5.74, 6) is -1.82. The van der Waals surface area contributed by atoms with Gasteiger partial charge in [0.05, 0.1) is 16.2 Å². The average Bonchev–Trinajstić information content (AvgIpc) is 3.32. The Morgan fingerprint density at radius 1 is 1.27 bits per heavy atom. The van der Waals surface area contributed by atoms with E-state index in [2.05, 4.69) is 20.0 Å². The predicted octanol–water partition coefficient (Wildman–Crippen LogP) is 3.05. The third-order valence-corrected chi connectivity index (χ3v) is 6.19. The summed E-state index contributed by atoms with van der Waals surface area (Å²) in [7, 11) is 1.46. The molecule has 1 atom stereocenters. The zero-order valence-electron chi connectivity index (χ0n) is 17.4. The molecule has 2 amide bonds. The highest BCUT2D eigenvalue weighted by Gasteiger charge is 2.30. The van der Waals surface area contributed by atoms with E-state index in [1.807, 2.05) is 0 Å². The molecule has 0 aliphatic carbocycles. The zero-order valence-corrected chi connectivity index (χ0v) is 18.9. The van der Waals surface area contributed by atoms with Crippen LogP contribution in [0.5, 0.6) is 5.75 Å². The van der Waals surface area contributed by atoms with Gasteiger partial charge in [0.2, 0.25) is 5.75 Å². The average molecular weight is 492 g/mol. The number of likely N-dealkylation sites (tertiary alicyclic amines) is 1. The Hall–Kier alpha value is -3.37. The lowest BCUT2D eigenvalue weighted by atomic mass is 9.96. The van der Waals surface area contributed by atoms with E-state index in [1.165, 1.54) is 30.1 Å². The number of anilines is 1. The fourth-order valence-corrected chi connectivity index (χ4v) is 4.07. The Bertz CT molecular complexity index is 1270. The van der Waals surface area contributed by atoms with E-state index in [9.17, 15) is 19.5 Å². The van der Waals surface area contributed by atoms with Crippen LogP contribution in [0.15, 0.2) is 40.0 Å². The Balaban J connectivity index is 1.61. The maximum atomic E-state index is 13.0. The summed E-state index contributed by atoms with van der Waals surface area (Å²) in [5.41, 5.74) is -0.531. The molecule has 4 rings (SSSR count). The number of nitrogens with one attached hydrogen (secondary N) is 1. The van der Waals surface area contributed by atoms with Gasteiger partial charge in [-0.15, -0.1) is 0 Å². The lowest BCUT2D eigenvalue weighted by Crippen LogP contribution is -2.41. The van der Waals surface area contributed by atoms with E-state index in [4.69, 9.17) is 23.2 Å². The molecule has 1 fully saturated rings. The number of carbonyl (C=O) groups is 2. The van der Waals surface area contributed by atoms with E-state index in [0.29, 0.717) is 35.8 Å². The summed E-state index contributed by atoms with van der Waals surface area (Å²) in [5, 5.41) is 16.8. The molecule has 0 spiro atoms. The van der Waals surface area contributed by atoms with Crippen LogP contribution in [0, 0.1) is 0 Å². The second kappa shape index (κ2) is 9.24. The lowest BCUT2D eigenvalue weighted by Gasteiger charge is -2.33. The number of amides is 2. The van der Waals surface area contributed by atoms with Crippen LogP contribution in [-0.4, -0.2) is 49.6 Å². The monoisotopic (exact) mass is 491 g/mol. The van der Waals surface area contributed by atoms with Gasteiger partial charge in [0.1, 0.15) is 17.8 Å². The third kappa shape index (κ3) is 4.57. The molecule has 2 aromatic heterocycles. The standard InChI is InChI=1S/C21H19Cl2N5O5/c1-27-18(26-16(17(29)21(27)32)19(30)25-13-8-24-33-10-13)12-3-2-6-28(9-12)20(31)11-4-5-14(22)15(23)7-11/h4-5,7-8,10,12,29H,2-3,6,9H2,1H3,(H,25,30). The molecule has 3 aromatic rings. The van der Waals surface area contributed by atoms with Crippen molar-refractivity contribution >= 4 is 40.7 Å². The van der Waals surface area contributed by atoms with Crippen LogP contribution in [0.1, 0.15) is 45.4 Å². The van der Waals surface area contributed by atoms with E-state index < -0.39 is 22.9 Å². The first kappa shape index (κ1) is 22.8. The Morgan fingerprint density at radius 3 is 2.76 bits per heavy atom. The molecule has 0 radical (unpaired) electrons. The summed E-state index contributed by atoms with van der Waals surface area (Å²) >= 11 is 12.0. The summed E-state index contributed by atoms with van der Waals surface area (Å²) < 4.78 is 5.86. The molecule has 0 bridgehead atoms.